The summed E-state index contributed by atoms with van der Waals surface area (Å²) < 4.78 is 1.03. The minimum Gasteiger partial charge on any atom is -0.289 e. The molecular formula is C17H17N3OS3. The number of aromatic nitrogens is 2. The van der Waals surface area contributed by atoms with E-state index in [1.54, 1.807) is 34.9 Å². The van der Waals surface area contributed by atoms with Crippen LogP contribution < -0.4 is 4.90 Å². The fraction of sp³-hybridized carbons (Fsp3) is 0.235. The zero-order chi connectivity index (χ0) is 16.9. The molecule has 0 saturated carbocycles. The van der Waals surface area contributed by atoms with E-state index in [0.717, 1.165) is 32.2 Å². The monoisotopic (exact) mass is 375 g/mol. The predicted octanol–water partition coefficient (Wildman–Crippen LogP) is 4.93. The van der Waals surface area contributed by atoms with Gasteiger partial charge in [0.15, 0.2) is 9.47 Å². The third-order valence-corrected chi connectivity index (χ3v) is 6.33. The number of anilines is 1. The number of nitrogens with zero attached hydrogens (tertiary/aromatic N) is 3. The highest BCUT2D eigenvalue weighted by Gasteiger charge is 2.14. The van der Waals surface area contributed by atoms with E-state index < -0.39 is 0 Å². The Labute approximate surface area is 153 Å². The number of carbonyl (C=O) groups is 1. The van der Waals surface area contributed by atoms with Crippen LogP contribution >= 0.6 is 34.4 Å². The molecule has 1 aromatic carbocycles. The van der Waals surface area contributed by atoms with Crippen molar-refractivity contribution in [1.29, 1.82) is 0 Å². The van der Waals surface area contributed by atoms with Crippen LogP contribution in [0, 0.1) is 0 Å². The summed E-state index contributed by atoms with van der Waals surface area (Å²) in [5, 5.41) is 4.86. The minimum atomic E-state index is 0.0264. The Morgan fingerprint density at radius 1 is 1.17 bits per heavy atom. The predicted molar refractivity (Wildman–Crippen MR) is 103 cm³/mol. The summed E-state index contributed by atoms with van der Waals surface area (Å²) in [6.07, 6.45) is 0. The molecule has 7 heteroatoms. The molecule has 0 saturated heterocycles. The molecule has 0 atom stereocenters. The third-order valence-electron chi connectivity index (χ3n) is 3.36. The van der Waals surface area contributed by atoms with Gasteiger partial charge >= 0.3 is 0 Å². The van der Waals surface area contributed by atoms with Crippen molar-refractivity contribution in [2.24, 2.45) is 0 Å². The summed E-state index contributed by atoms with van der Waals surface area (Å²) in [6.45, 7) is 4.17. The van der Waals surface area contributed by atoms with Crippen molar-refractivity contribution in [3.8, 4) is 11.3 Å². The van der Waals surface area contributed by atoms with E-state index in [9.17, 15) is 4.79 Å². The molecule has 0 aliphatic rings. The van der Waals surface area contributed by atoms with Crippen LogP contribution in [-0.4, -0.2) is 22.4 Å². The molecule has 4 nitrogen and oxygen atoms in total. The van der Waals surface area contributed by atoms with Gasteiger partial charge in [-0.3, -0.25) is 9.69 Å². The lowest BCUT2D eigenvalue weighted by atomic mass is 10.2. The van der Waals surface area contributed by atoms with Gasteiger partial charge in [0.05, 0.1) is 11.4 Å². The van der Waals surface area contributed by atoms with Crippen molar-refractivity contribution >= 4 is 45.5 Å². The van der Waals surface area contributed by atoms with Gasteiger partial charge in [0, 0.05) is 35.5 Å². The Morgan fingerprint density at radius 2 is 1.96 bits per heavy atom. The second-order valence-electron chi connectivity index (χ2n) is 5.04. The smallest absolute Gasteiger partial charge is 0.225 e. The van der Waals surface area contributed by atoms with Crippen LogP contribution in [0.4, 0.5) is 5.13 Å². The molecule has 2 aromatic heterocycles. The number of hydrogen-bond acceptors (Lipinski definition) is 6. The Hall–Kier alpha value is -1.70. The van der Waals surface area contributed by atoms with Crippen molar-refractivity contribution in [1.82, 2.24) is 9.97 Å². The van der Waals surface area contributed by atoms with Gasteiger partial charge in [-0.05, 0) is 6.92 Å². The van der Waals surface area contributed by atoms with E-state index in [2.05, 4.69) is 27.5 Å². The average Bonchev–Trinajstić information content (AvgIpc) is 3.23. The maximum Gasteiger partial charge on any atom is 0.225 e. The van der Waals surface area contributed by atoms with Crippen molar-refractivity contribution in [3.63, 3.8) is 0 Å². The quantitative estimate of drug-likeness (QED) is 0.573. The Kier molecular flexibility index (Phi) is 5.65. The fourth-order valence-electron chi connectivity index (χ4n) is 2.18. The molecule has 3 rings (SSSR count). The number of hydrogen-bond donors (Lipinski definition) is 0. The molecule has 0 N–H and O–H groups in total. The highest BCUT2D eigenvalue weighted by atomic mass is 32.2. The Bertz CT molecular complexity index is 813. The van der Waals surface area contributed by atoms with E-state index in [-0.39, 0.29) is 5.91 Å². The van der Waals surface area contributed by atoms with E-state index in [1.165, 1.54) is 11.3 Å². The normalized spacial score (nSPS) is 10.8. The molecule has 0 aliphatic heterocycles. The zero-order valence-electron chi connectivity index (χ0n) is 13.4. The van der Waals surface area contributed by atoms with Gasteiger partial charge in [-0.2, -0.15) is 0 Å². The molecular weight excluding hydrogens is 358 g/mol. The number of thioether (sulfide) groups is 1. The van der Waals surface area contributed by atoms with Gasteiger partial charge in [0.25, 0.3) is 0 Å². The summed E-state index contributed by atoms with van der Waals surface area (Å²) in [5.41, 5.74) is 3.13. The zero-order valence-corrected chi connectivity index (χ0v) is 15.9. The van der Waals surface area contributed by atoms with Crippen molar-refractivity contribution in [2.45, 2.75) is 23.9 Å². The maximum atomic E-state index is 11.6. The van der Waals surface area contributed by atoms with Crippen LogP contribution in [0.5, 0.6) is 0 Å². The van der Waals surface area contributed by atoms with E-state index in [4.69, 9.17) is 0 Å². The van der Waals surface area contributed by atoms with Gasteiger partial charge in [0.1, 0.15) is 0 Å². The number of thiazole rings is 2. The largest absolute Gasteiger partial charge is 0.289 e. The highest BCUT2D eigenvalue weighted by molar-refractivity contribution is 8.00. The first-order valence-corrected chi connectivity index (χ1v) is 10.3. The van der Waals surface area contributed by atoms with Crippen LogP contribution in [0.1, 0.15) is 19.5 Å². The Morgan fingerprint density at radius 3 is 2.67 bits per heavy atom. The Balaban J connectivity index is 1.64. The van der Waals surface area contributed by atoms with Crippen molar-refractivity contribution in [2.75, 3.05) is 11.4 Å². The second-order valence-corrected chi connectivity index (χ2v) is 7.96. The van der Waals surface area contributed by atoms with Gasteiger partial charge in [-0.25, -0.2) is 9.97 Å². The summed E-state index contributed by atoms with van der Waals surface area (Å²) in [5.74, 6) is 0.784. The summed E-state index contributed by atoms with van der Waals surface area (Å²) in [7, 11) is 0. The summed E-state index contributed by atoms with van der Waals surface area (Å²) >= 11 is 4.84. The summed E-state index contributed by atoms with van der Waals surface area (Å²) in [4.78, 5) is 22.5. The first kappa shape index (κ1) is 17.1. The van der Waals surface area contributed by atoms with E-state index >= 15 is 0 Å². The van der Waals surface area contributed by atoms with Crippen LogP contribution in [0.3, 0.4) is 0 Å². The van der Waals surface area contributed by atoms with Gasteiger partial charge in [-0.15, -0.1) is 22.7 Å². The first-order valence-electron chi connectivity index (χ1n) is 7.53. The molecule has 124 valence electrons. The topological polar surface area (TPSA) is 46.1 Å². The lowest BCUT2D eigenvalue weighted by Gasteiger charge is -2.14. The van der Waals surface area contributed by atoms with E-state index in [0.29, 0.717) is 6.54 Å². The second kappa shape index (κ2) is 7.92. The molecule has 24 heavy (non-hydrogen) atoms. The first-order chi connectivity index (χ1) is 11.7. The minimum absolute atomic E-state index is 0.0264. The maximum absolute atomic E-state index is 11.6. The van der Waals surface area contributed by atoms with Crippen LogP contribution in [0.15, 0.2) is 45.4 Å². The molecule has 0 aliphatic carbocycles. The van der Waals surface area contributed by atoms with Gasteiger partial charge in [-0.1, -0.05) is 42.1 Å². The highest BCUT2D eigenvalue weighted by Crippen LogP contribution is 2.31. The molecule has 0 radical (unpaired) electrons. The van der Waals surface area contributed by atoms with Crippen LogP contribution in [0.25, 0.3) is 11.3 Å². The van der Waals surface area contributed by atoms with Crippen LogP contribution in [0.2, 0.25) is 0 Å². The SMILES string of the molecule is CCN(C(C)=O)c1nc(CSc2nc(-c3ccccc3)cs2)cs1. The molecule has 0 bridgehead atoms. The van der Waals surface area contributed by atoms with Crippen molar-refractivity contribution < 1.29 is 4.79 Å². The molecule has 0 fully saturated rings. The number of amides is 1. The third kappa shape index (κ3) is 4.03. The van der Waals surface area contributed by atoms with Gasteiger partial charge in [0.2, 0.25) is 5.91 Å². The molecule has 3 aromatic rings. The lowest BCUT2D eigenvalue weighted by Crippen LogP contribution is -2.27. The van der Waals surface area contributed by atoms with Crippen molar-refractivity contribution in [3.05, 3.63) is 46.8 Å². The average molecular weight is 376 g/mol. The van der Waals surface area contributed by atoms with Gasteiger partial charge < -0.3 is 0 Å². The molecule has 0 spiro atoms. The summed E-state index contributed by atoms with van der Waals surface area (Å²) in [6, 6.07) is 10.2. The lowest BCUT2D eigenvalue weighted by molar-refractivity contribution is -0.116. The van der Waals surface area contributed by atoms with Crippen LogP contribution in [-0.2, 0) is 10.5 Å². The number of benzene rings is 1. The number of rotatable bonds is 6. The molecule has 0 unspecified atom stereocenters. The standard InChI is InChI=1S/C17H17N3OS3/c1-3-20(12(2)21)16-18-14(9-22-16)10-23-17-19-15(11-24-17)13-7-5-4-6-8-13/h4-9,11H,3,10H2,1-2H3. The molecule has 1 amide bonds. The van der Waals surface area contributed by atoms with E-state index in [1.807, 2.05) is 30.5 Å². The number of carbonyl (C=O) groups excluding carboxylic acids is 1. The molecule has 2 heterocycles. The fourth-order valence-corrected chi connectivity index (χ4v) is 4.95.